The Morgan fingerprint density at radius 2 is 1.44 bits per heavy atom. The third-order valence-electron chi connectivity index (χ3n) is 6.63. The van der Waals surface area contributed by atoms with Crippen LogP contribution in [0.1, 0.15) is 31.9 Å². The van der Waals surface area contributed by atoms with Gasteiger partial charge in [0, 0.05) is 11.6 Å². The van der Waals surface area contributed by atoms with Crippen molar-refractivity contribution in [3.8, 4) is 23.0 Å². The van der Waals surface area contributed by atoms with Gasteiger partial charge >= 0.3 is 0 Å². The molecule has 4 aromatic carbocycles. The monoisotopic (exact) mass is 612 g/mol. The molecule has 10 heteroatoms. The Labute approximate surface area is 257 Å². The predicted octanol–water partition coefficient (Wildman–Crippen LogP) is 6.59. The minimum atomic E-state index is -2.93. The Morgan fingerprint density at radius 3 is 2.07 bits per heavy atom. The first-order valence-electron chi connectivity index (χ1n) is 13.3. The van der Waals surface area contributed by atoms with Crippen molar-refractivity contribution in [3.05, 3.63) is 114 Å². The van der Waals surface area contributed by atoms with Crippen LogP contribution in [0.25, 0.3) is 6.08 Å². The van der Waals surface area contributed by atoms with Crippen molar-refractivity contribution in [2.45, 2.75) is 31.1 Å². The number of amides is 2. The van der Waals surface area contributed by atoms with E-state index in [0.29, 0.717) is 22.9 Å². The van der Waals surface area contributed by atoms with Crippen LogP contribution < -0.4 is 19.7 Å². The van der Waals surface area contributed by atoms with Crippen molar-refractivity contribution in [2.24, 2.45) is 0 Å². The molecular formula is C33H28N2O6S2. The number of para-hydroxylation sites is 1. The van der Waals surface area contributed by atoms with E-state index in [1.807, 2.05) is 54.6 Å². The molecule has 1 atom stereocenters. The summed E-state index contributed by atoms with van der Waals surface area (Å²) < 4.78 is 35.5. The molecule has 4 aromatic rings. The van der Waals surface area contributed by atoms with Crippen LogP contribution in [-0.2, 0) is 30.3 Å². The van der Waals surface area contributed by atoms with E-state index in [-0.39, 0.29) is 32.3 Å². The van der Waals surface area contributed by atoms with Crippen LogP contribution in [-0.4, -0.2) is 21.5 Å². The molecule has 1 saturated heterocycles. The lowest BCUT2D eigenvalue weighted by atomic mass is 9.87. The second kappa shape index (κ2) is 12.3. The van der Waals surface area contributed by atoms with Gasteiger partial charge in [-0.2, -0.15) is 0 Å². The minimum absolute atomic E-state index is 0.00216. The van der Waals surface area contributed by atoms with E-state index in [9.17, 15) is 18.4 Å². The van der Waals surface area contributed by atoms with Crippen molar-refractivity contribution in [1.29, 1.82) is 0 Å². The first kappa shape index (κ1) is 29.8. The van der Waals surface area contributed by atoms with Gasteiger partial charge < -0.3 is 14.0 Å². The van der Waals surface area contributed by atoms with Gasteiger partial charge in [0.1, 0.15) is 28.6 Å². The van der Waals surface area contributed by atoms with Crippen LogP contribution in [0.3, 0.4) is 0 Å². The lowest BCUT2D eigenvalue weighted by Gasteiger charge is -2.29. The quantitative estimate of drug-likeness (QED) is 0.0825. The Bertz CT molecular complexity index is 1750. The second-order valence-electron chi connectivity index (χ2n) is 10.7. The Kier molecular flexibility index (Phi) is 8.54. The zero-order valence-corrected chi connectivity index (χ0v) is 25.3. The molecule has 1 heterocycles. The number of carbonyl (C=O) groups excluding carboxylic acids is 2. The highest BCUT2D eigenvalue weighted by Crippen LogP contribution is 2.33. The first-order valence-corrected chi connectivity index (χ1v) is 14.9. The van der Waals surface area contributed by atoms with Gasteiger partial charge in [0.25, 0.3) is 11.8 Å². The zero-order chi connectivity index (χ0) is 30.7. The molecule has 0 radical (unpaired) electrons. The summed E-state index contributed by atoms with van der Waals surface area (Å²) in [5.74, 6) is 0.579. The maximum Gasteiger partial charge on any atom is 0.270 e. The fourth-order valence-electron chi connectivity index (χ4n) is 4.34. The molecule has 0 spiro atoms. The standard InChI is InChI=1S/C33H28N2O6S2/c1-33(2,3)22-9-13-26(14-10-22)41-29-18-17-27(43(38)39)19-21(29)20-28-30(36)34-32(42)35(31(28)37)23-11-15-25(16-12-23)40-24-7-5-4-6-8-24/h4-20,43H,1-3H3,(H-,34,36,38,39,42)/b28-20+. The van der Waals surface area contributed by atoms with Crippen molar-refractivity contribution >= 4 is 52.0 Å². The van der Waals surface area contributed by atoms with Crippen LogP contribution in [0.15, 0.2) is 108 Å². The van der Waals surface area contributed by atoms with Gasteiger partial charge in [0.15, 0.2) is 10.0 Å². The number of carbonyl (C=O) groups is 2. The average Bonchev–Trinajstić information content (AvgIpc) is 2.97. The number of thiocarbonyl (C=S) groups is 1. The third-order valence-corrected chi connectivity index (χ3v) is 7.61. The maximum absolute atomic E-state index is 13.7. The number of hydrogen-bond donors (Lipinski definition) is 1. The van der Waals surface area contributed by atoms with Gasteiger partial charge in [-0.15, -0.1) is 4.21 Å². The van der Waals surface area contributed by atoms with Gasteiger partial charge in [-0.25, -0.2) is 0 Å². The summed E-state index contributed by atoms with van der Waals surface area (Å²) in [4.78, 5) is 27.8. The van der Waals surface area contributed by atoms with Crippen LogP contribution in [0.2, 0.25) is 0 Å². The van der Waals surface area contributed by atoms with Crippen LogP contribution in [0, 0.1) is 0 Å². The number of hydrogen-bond acceptors (Lipinski definition) is 7. The Balaban J connectivity index is 1.46. The number of benzene rings is 4. The van der Waals surface area contributed by atoms with Gasteiger partial charge in [0.2, 0.25) is 0 Å². The van der Waals surface area contributed by atoms with Crippen LogP contribution in [0.5, 0.6) is 23.0 Å². The topological polar surface area (TPSA) is 108 Å². The molecule has 1 aliphatic heterocycles. The molecule has 0 saturated carbocycles. The third kappa shape index (κ3) is 6.89. The minimum Gasteiger partial charge on any atom is -0.612 e. The zero-order valence-electron chi connectivity index (χ0n) is 23.6. The number of anilines is 1. The molecule has 1 aliphatic rings. The molecule has 0 bridgehead atoms. The largest absolute Gasteiger partial charge is 0.612 e. The molecule has 1 N–H and O–H groups in total. The average molecular weight is 613 g/mol. The maximum atomic E-state index is 13.7. The fraction of sp³-hybridized carbons (Fsp3) is 0.121. The summed E-state index contributed by atoms with van der Waals surface area (Å²) >= 11 is 2.40. The van der Waals surface area contributed by atoms with Gasteiger partial charge in [-0.3, -0.25) is 19.8 Å². The number of ether oxygens (including phenoxy) is 2. The fourth-order valence-corrected chi connectivity index (χ4v) is 5.06. The summed E-state index contributed by atoms with van der Waals surface area (Å²) in [6.45, 7) is 6.30. The van der Waals surface area contributed by atoms with Gasteiger partial charge in [-0.1, -0.05) is 51.1 Å². The first-order chi connectivity index (χ1) is 20.5. The number of rotatable bonds is 7. The molecule has 5 rings (SSSR count). The molecule has 0 aromatic heterocycles. The highest BCUT2D eigenvalue weighted by atomic mass is 32.2. The van der Waals surface area contributed by atoms with Crippen LogP contribution in [0.4, 0.5) is 5.69 Å². The normalized spacial score (nSPS) is 15.3. The lowest BCUT2D eigenvalue weighted by molar-refractivity contribution is -0.122. The SMILES string of the molecule is CC(C)(C)c1ccc(Oc2ccc([SH+](=O)[O-])cc2/C=C2\C(=O)NC(=S)N(c3ccc(Oc4ccccc4)cc3)C2=O)cc1. The van der Waals surface area contributed by atoms with Crippen LogP contribution >= 0.6 is 12.2 Å². The van der Waals surface area contributed by atoms with Crippen molar-refractivity contribution < 1.29 is 27.8 Å². The van der Waals surface area contributed by atoms with Gasteiger partial charge in [-0.05, 0) is 89.9 Å². The predicted molar refractivity (Wildman–Crippen MR) is 169 cm³/mol. The van der Waals surface area contributed by atoms with E-state index < -0.39 is 22.9 Å². The van der Waals surface area contributed by atoms with E-state index in [1.165, 1.54) is 29.2 Å². The van der Waals surface area contributed by atoms with E-state index >= 15 is 0 Å². The van der Waals surface area contributed by atoms with E-state index in [4.69, 9.17) is 21.7 Å². The van der Waals surface area contributed by atoms with E-state index in [1.54, 1.807) is 24.3 Å². The molecule has 8 nitrogen and oxygen atoms in total. The summed E-state index contributed by atoms with van der Waals surface area (Å²) in [5, 5.41) is 2.46. The molecule has 1 unspecified atom stereocenters. The number of thiol groups is 1. The molecule has 43 heavy (non-hydrogen) atoms. The highest BCUT2D eigenvalue weighted by molar-refractivity contribution is 7.80. The van der Waals surface area contributed by atoms with Crippen molar-refractivity contribution in [3.63, 3.8) is 0 Å². The Hall–Kier alpha value is -4.64. The second-order valence-corrected chi connectivity index (χ2v) is 12.1. The van der Waals surface area contributed by atoms with Crippen molar-refractivity contribution in [1.82, 2.24) is 5.32 Å². The Morgan fingerprint density at radius 1 is 0.837 bits per heavy atom. The lowest BCUT2D eigenvalue weighted by Crippen LogP contribution is -2.54. The van der Waals surface area contributed by atoms with E-state index in [2.05, 4.69) is 26.1 Å². The van der Waals surface area contributed by atoms with Crippen molar-refractivity contribution in [2.75, 3.05) is 4.90 Å². The summed E-state index contributed by atoms with van der Waals surface area (Å²) in [6.07, 6.45) is 1.31. The molecule has 0 aliphatic carbocycles. The molecule has 2 amide bonds. The van der Waals surface area contributed by atoms with Gasteiger partial charge in [0.05, 0.1) is 16.8 Å². The molecule has 1 fully saturated rings. The summed E-state index contributed by atoms with van der Waals surface area (Å²) in [6, 6.07) is 27.7. The summed E-state index contributed by atoms with van der Waals surface area (Å²) in [5.41, 5.74) is 1.46. The molecule has 218 valence electrons. The number of nitrogens with zero attached hydrogens (tertiary/aromatic N) is 1. The van der Waals surface area contributed by atoms with E-state index in [0.717, 1.165) is 5.56 Å². The smallest absolute Gasteiger partial charge is 0.270 e. The highest BCUT2D eigenvalue weighted by Gasteiger charge is 2.35. The molecular weight excluding hydrogens is 585 g/mol. The summed E-state index contributed by atoms with van der Waals surface area (Å²) in [7, 11) is 0. The number of nitrogens with one attached hydrogen (secondary N) is 1.